The highest BCUT2D eigenvalue weighted by Gasteiger charge is 2.40. The van der Waals surface area contributed by atoms with Crippen LogP contribution in [-0.2, 0) is 15.6 Å². The molecule has 0 aliphatic heterocycles. The zero-order valence-electron chi connectivity index (χ0n) is 14.0. The molecule has 118 valence electrons. The van der Waals surface area contributed by atoms with E-state index in [0.717, 1.165) is 24.0 Å². The summed E-state index contributed by atoms with van der Waals surface area (Å²) in [5.74, 6) is -0.760. The van der Waals surface area contributed by atoms with E-state index in [1.165, 1.54) is 0 Å². The normalized spacial score (nSPS) is 12.4. The Hall–Kier alpha value is -1.51. The first-order valence-corrected chi connectivity index (χ1v) is 7.83. The molecule has 3 nitrogen and oxygen atoms in total. The topological polar surface area (TPSA) is 63.3 Å². The number of hydrogen-bond acceptors (Lipinski definition) is 2. The van der Waals surface area contributed by atoms with Gasteiger partial charge in [-0.15, -0.1) is 0 Å². The number of rotatable bonds is 6. The van der Waals surface area contributed by atoms with Gasteiger partial charge in [-0.2, -0.15) is 0 Å². The second-order valence-corrected chi connectivity index (χ2v) is 6.94. The van der Waals surface area contributed by atoms with E-state index in [0.29, 0.717) is 18.5 Å². The van der Waals surface area contributed by atoms with Gasteiger partial charge in [-0.25, -0.2) is 0 Å². The fourth-order valence-electron chi connectivity index (χ4n) is 3.01. The third-order valence-corrected chi connectivity index (χ3v) is 4.20. The number of anilines is 1. The van der Waals surface area contributed by atoms with E-state index in [-0.39, 0.29) is 5.41 Å². The van der Waals surface area contributed by atoms with Crippen molar-refractivity contribution in [2.24, 2.45) is 0 Å². The summed E-state index contributed by atoms with van der Waals surface area (Å²) in [7, 11) is 0. The molecule has 0 saturated heterocycles. The lowest BCUT2D eigenvalue weighted by molar-refractivity contribution is -0.144. The van der Waals surface area contributed by atoms with Crippen LogP contribution in [0.15, 0.2) is 18.2 Å². The minimum Gasteiger partial charge on any atom is -0.481 e. The maximum Gasteiger partial charge on any atom is 0.314 e. The van der Waals surface area contributed by atoms with Crippen LogP contribution in [0.4, 0.5) is 5.69 Å². The van der Waals surface area contributed by atoms with Crippen molar-refractivity contribution in [1.82, 2.24) is 0 Å². The minimum absolute atomic E-state index is 0.0227. The van der Waals surface area contributed by atoms with Crippen molar-refractivity contribution in [1.29, 1.82) is 0 Å². The Bertz CT molecular complexity index is 494. The molecule has 1 aromatic rings. The number of benzene rings is 1. The SMILES string of the molecule is CCCC(CCC)(C(=O)O)c1cc(C(C)(C)C)ccc1N. The number of carbonyl (C=O) groups is 1. The first kappa shape index (κ1) is 17.5. The summed E-state index contributed by atoms with van der Waals surface area (Å²) in [4.78, 5) is 12.1. The molecule has 0 saturated carbocycles. The predicted molar refractivity (Wildman–Crippen MR) is 88.7 cm³/mol. The van der Waals surface area contributed by atoms with E-state index in [2.05, 4.69) is 20.8 Å². The van der Waals surface area contributed by atoms with Crippen LogP contribution in [0.1, 0.15) is 71.4 Å². The molecular weight excluding hydrogens is 262 g/mol. The van der Waals surface area contributed by atoms with Gasteiger partial charge in [-0.1, -0.05) is 59.6 Å². The highest BCUT2D eigenvalue weighted by Crippen LogP contribution is 2.40. The Balaban J connectivity index is 3.52. The van der Waals surface area contributed by atoms with Crippen molar-refractivity contribution in [2.45, 2.75) is 71.1 Å². The molecule has 0 fully saturated rings. The molecule has 0 unspecified atom stereocenters. The van der Waals surface area contributed by atoms with Crippen LogP contribution in [0.25, 0.3) is 0 Å². The Morgan fingerprint density at radius 2 is 1.67 bits per heavy atom. The van der Waals surface area contributed by atoms with Gasteiger partial charge < -0.3 is 10.8 Å². The van der Waals surface area contributed by atoms with Crippen LogP contribution in [0.5, 0.6) is 0 Å². The summed E-state index contributed by atoms with van der Waals surface area (Å²) in [6, 6.07) is 5.87. The van der Waals surface area contributed by atoms with Gasteiger partial charge in [-0.05, 0) is 35.4 Å². The first-order chi connectivity index (χ1) is 9.69. The zero-order chi connectivity index (χ0) is 16.3. The molecule has 0 aromatic heterocycles. The van der Waals surface area contributed by atoms with E-state index < -0.39 is 11.4 Å². The highest BCUT2D eigenvalue weighted by atomic mass is 16.4. The van der Waals surface area contributed by atoms with Crippen molar-refractivity contribution < 1.29 is 9.90 Å². The summed E-state index contributed by atoms with van der Waals surface area (Å²) in [6.45, 7) is 10.4. The molecule has 1 aromatic carbocycles. The molecule has 0 bridgehead atoms. The Morgan fingerprint density at radius 3 is 2.05 bits per heavy atom. The number of aliphatic carboxylic acids is 1. The van der Waals surface area contributed by atoms with E-state index in [9.17, 15) is 9.90 Å². The molecule has 0 aliphatic rings. The van der Waals surface area contributed by atoms with Crippen LogP contribution < -0.4 is 5.73 Å². The number of nitrogen functional groups attached to an aromatic ring is 1. The molecule has 0 aliphatic carbocycles. The average molecular weight is 291 g/mol. The lowest BCUT2D eigenvalue weighted by atomic mass is 9.71. The number of carboxylic acid groups (broad SMARTS) is 1. The molecule has 3 N–H and O–H groups in total. The van der Waals surface area contributed by atoms with Gasteiger partial charge in [0.15, 0.2) is 0 Å². The molecule has 21 heavy (non-hydrogen) atoms. The van der Waals surface area contributed by atoms with Gasteiger partial charge >= 0.3 is 5.97 Å². The second kappa shape index (κ2) is 6.50. The van der Waals surface area contributed by atoms with Crippen molar-refractivity contribution in [2.75, 3.05) is 5.73 Å². The van der Waals surface area contributed by atoms with Gasteiger partial charge in [0.1, 0.15) is 0 Å². The summed E-state index contributed by atoms with van der Waals surface area (Å²) in [5.41, 5.74) is 7.77. The quantitative estimate of drug-likeness (QED) is 0.759. The van der Waals surface area contributed by atoms with E-state index >= 15 is 0 Å². The van der Waals surface area contributed by atoms with Crippen LogP contribution in [-0.4, -0.2) is 11.1 Å². The van der Waals surface area contributed by atoms with Crippen LogP contribution in [0.3, 0.4) is 0 Å². The van der Waals surface area contributed by atoms with E-state index in [4.69, 9.17) is 5.73 Å². The number of nitrogens with two attached hydrogens (primary N) is 1. The predicted octanol–water partition coefficient (Wildman–Crippen LogP) is 4.49. The van der Waals surface area contributed by atoms with Crippen molar-refractivity contribution >= 4 is 11.7 Å². The van der Waals surface area contributed by atoms with Crippen LogP contribution in [0, 0.1) is 0 Å². The van der Waals surface area contributed by atoms with Gasteiger partial charge in [-0.3, -0.25) is 4.79 Å². The Kier molecular flexibility index (Phi) is 5.43. The molecule has 0 spiro atoms. The summed E-state index contributed by atoms with van der Waals surface area (Å²) in [6.07, 6.45) is 2.89. The minimum atomic E-state index is -0.866. The molecule has 0 amide bonds. The summed E-state index contributed by atoms with van der Waals surface area (Å²) in [5, 5.41) is 9.90. The van der Waals surface area contributed by atoms with E-state index in [1.807, 2.05) is 32.0 Å². The molecular formula is C18H29NO2. The van der Waals surface area contributed by atoms with Gasteiger partial charge in [0.25, 0.3) is 0 Å². The lowest BCUT2D eigenvalue weighted by Gasteiger charge is -2.32. The molecule has 0 heterocycles. The molecule has 0 radical (unpaired) electrons. The third-order valence-electron chi connectivity index (χ3n) is 4.20. The van der Waals surface area contributed by atoms with Gasteiger partial charge in [0.05, 0.1) is 5.41 Å². The first-order valence-electron chi connectivity index (χ1n) is 7.83. The zero-order valence-corrected chi connectivity index (χ0v) is 14.0. The van der Waals surface area contributed by atoms with Crippen molar-refractivity contribution in [3.05, 3.63) is 29.3 Å². The smallest absolute Gasteiger partial charge is 0.314 e. The summed E-state index contributed by atoms with van der Waals surface area (Å²) < 4.78 is 0. The van der Waals surface area contributed by atoms with Crippen molar-refractivity contribution in [3.8, 4) is 0 Å². The van der Waals surface area contributed by atoms with Crippen LogP contribution >= 0.6 is 0 Å². The Labute approximate surface area is 128 Å². The standard InChI is InChI=1S/C18H29NO2/c1-6-10-18(11-7-2,16(20)21)14-12-13(17(3,4)5)8-9-15(14)19/h8-9,12H,6-7,10-11,19H2,1-5H3,(H,20,21). The largest absolute Gasteiger partial charge is 0.481 e. The molecule has 0 atom stereocenters. The summed E-state index contributed by atoms with van der Waals surface area (Å²) >= 11 is 0. The highest BCUT2D eigenvalue weighted by molar-refractivity contribution is 5.84. The van der Waals surface area contributed by atoms with Gasteiger partial charge in [0.2, 0.25) is 0 Å². The molecule has 1 rings (SSSR count). The number of hydrogen-bond donors (Lipinski definition) is 2. The Morgan fingerprint density at radius 1 is 1.14 bits per heavy atom. The maximum absolute atomic E-state index is 12.1. The van der Waals surface area contributed by atoms with Crippen LogP contribution in [0.2, 0.25) is 0 Å². The fourth-order valence-corrected chi connectivity index (χ4v) is 3.01. The number of carboxylic acids is 1. The second-order valence-electron chi connectivity index (χ2n) is 6.94. The van der Waals surface area contributed by atoms with Gasteiger partial charge in [0, 0.05) is 5.69 Å². The molecule has 3 heteroatoms. The van der Waals surface area contributed by atoms with E-state index in [1.54, 1.807) is 0 Å². The third kappa shape index (κ3) is 3.58. The fraction of sp³-hybridized carbons (Fsp3) is 0.611. The monoisotopic (exact) mass is 291 g/mol. The maximum atomic E-state index is 12.1. The van der Waals surface area contributed by atoms with Crippen molar-refractivity contribution in [3.63, 3.8) is 0 Å². The average Bonchev–Trinajstić information content (AvgIpc) is 2.37. The lowest BCUT2D eigenvalue weighted by Crippen LogP contribution is -2.37.